The van der Waals surface area contributed by atoms with Crippen LogP contribution in [0.5, 0.6) is 5.75 Å². The van der Waals surface area contributed by atoms with Gasteiger partial charge >= 0.3 is 0 Å². The number of carbonyl (C=O) groups excluding carboxylic acids is 1. The lowest BCUT2D eigenvalue weighted by Crippen LogP contribution is -2.30. The molecule has 0 atom stereocenters. The van der Waals surface area contributed by atoms with Gasteiger partial charge < -0.3 is 10.1 Å². The summed E-state index contributed by atoms with van der Waals surface area (Å²) in [4.78, 5) is 13.0. The van der Waals surface area contributed by atoms with Crippen molar-refractivity contribution in [1.82, 2.24) is 5.32 Å². The van der Waals surface area contributed by atoms with Gasteiger partial charge in [-0.3, -0.25) is 4.79 Å². The van der Waals surface area contributed by atoms with E-state index in [-0.39, 0.29) is 12.5 Å². The quantitative estimate of drug-likeness (QED) is 0.618. The summed E-state index contributed by atoms with van der Waals surface area (Å²) in [5.74, 6) is 1.49. The maximum absolute atomic E-state index is 11.8. The molecule has 0 spiro atoms. The first-order chi connectivity index (χ1) is 11.0. The summed E-state index contributed by atoms with van der Waals surface area (Å²) in [5, 5.41) is 2.88. The fraction of sp³-hybridized carbons (Fsp3) is 0.316. The number of rotatable bonds is 7. The first kappa shape index (κ1) is 17.4. The van der Waals surface area contributed by atoms with Crippen LogP contribution in [0.25, 0.3) is 0 Å². The van der Waals surface area contributed by atoms with Crippen molar-refractivity contribution in [3.05, 3.63) is 59.2 Å². The summed E-state index contributed by atoms with van der Waals surface area (Å²) in [6, 6.07) is 14.2. The van der Waals surface area contributed by atoms with Crippen molar-refractivity contribution in [1.29, 1.82) is 0 Å². The number of hydrogen-bond acceptors (Lipinski definition) is 3. The van der Waals surface area contributed by atoms with Gasteiger partial charge in [0.15, 0.2) is 6.61 Å². The molecular formula is C19H23NO2S. The minimum absolute atomic E-state index is 0.0533. The molecule has 0 aromatic heterocycles. The molecule has 0 aliphatic rings. The molecule has 2 aromatic carbocycles. The van der Waals surface area contributed by atoms with Crippen LogP contribution in [-0.2, 0) is 4.79 Å². The van der Waals surface area contributed by atoms with Crippen molar-refractivity contribution in [3.8, 4) is 5.75 Å². The summed E-state index contributed by atoms with van der Waals surface area (Å²) < 4.78 is 5.51. The van der Waals surface area contributed by atoms with Gasteiger partial charge in [-0.05, 0) is 56.2 Å². The molecule has 1 amide bonds. The molecule has 0 unspecified atom stereocenters. The maximum atomic E-state index is 11.8. The van der Waals surface area contributed by atoms with Gasteiger partial charge in [0.2, 0.25) is 0 Å². The number of ether oxygens (including phenoxy) is 1. The highest BCUT2D eigenvalue weighted by Crippen LogP contribution is 2.17. The highest BCUT2D eigenvalue weighted by molar-refractivity contribution is 7.99. The van der Waals surface area contributed by atoms with E-state index in [4.69, 9.17) is 4.74 Å². The van der Waals surface area contributed by atoms with Gasteiger partial charge in [-0.2, -0.15) is 0 Å². The van der Waals surface area contributed by atoms with E-state index in [0.717, 1.165) is 17.1 Å². The number of aryl methyl sites for hydroxylation is 3. The fourth-order valence-corrected chi connectivity index (χ4v) is 2.77. The van der Waals surface area contributed by atoms with Gasteiger partial charge in [-0.15, -0.1) is 11.8 Å². The molecule has 0 saturated heterocycles. The van der Waals surface area contributed by atoms with Crippen LogP contribution < -0.4 is 10.1 Å². The lowest BCUT2D eigenvalue weighted by Gasteiger charge is -2.09. The largest absolute Gasteiger partial charge is 0.484 e. The molecule has 4 heteroatoms. The highest BCUT2D eigenvalue weighted by atomic mass is 32.2. The van der Waals surface area contributed by atoms with Gasteiger partial charge in [0, 0.05) is 17.2 Å². The zero-order valence-corrected chi connectivity index (χ0v) is 14.7. The summed E-state index contributed by atoms with van der Waals surface area (Å²) >= 11 is 1.73. The molecule has 2 rings (SSSR count). The Labute approximate surface area is 142 Å². The Hall–Kier alpha value is -1.94. The molecule has 0 radical (unpaired) electrons. The lowest BCUT2D eigenvalue weighted by molar-refractivity contribution is -0.122. The first-order valence-corrected chi connectivity index (χ1v) is 8.69. The smallest absolute Gasteiger partial charge is 0.257 e. The van der Waals surface area contributed by atoms with Crippen molar-refractivity contribution in [2.75, 3.05) is 18.9 Å². The Morgan fingerprint density at radius 1 is 1.04 bits per heavy atom. The molecule has 0 heterocycles. The first-order valence-electron chi connectivity index (χ1n) is 7.71. The van der Waals surface area contributed by atoms with Crippen molar-refractivity contribution >= 4 is 17.7 Å². The second kappa shape index (κ2) is 8.63. The van der Waals surface area contributed by atoms with Crippen LogP contribution in [0.4, 0.5) is 0 Å². The van der Waals surface area contributed by atoms with Crippen LogP contribution in [0.15, 0.2) is 47.4 Å². The Kier molecular flexibility index (Phi) is 6.53. The third-order valence-corrected chi connectivity index (χ3v) is 4.58. The summed E-state index contributed by atoms with van der Waals surface area (Å²) in [5.41, 5.74) is 3.64. The van der Waals surface area contributed by atoms with Crippen LogP contribution in [0, 0.1) is 20.8 Å². The lowest BCUT2D eigenvalue weighted by atomic mass is 10.1. The number of carbonyl (C=O) groups is 1. The maximum Gasteiger partial charge on any atom is 0.257 e. The number of nitrogens with one attached hydrogen (secondary N) is 1. The minimum Gasteiger partial charge on any atom is -0.484 e. The van der Waals surface area contributed by atoms with Gasteiger partial charge in [0.05, 0.1) is 0 Å². The number of benzene rings is 2. The zero-order chi connectivity index (χ0) is 16.7. The predicted octanol–water partition coefficient (Wildman–Crippen LogP) is 3.90. The number of hydrogen-bond donors (Lipinski definition) is 1. The van der Waals surface area contributed by atoms with Crippen molar-refractivity contribution in [2.24, 2.45) is 0 Å². The van der Waals surface area contributed by atoms with E-state index < -0.39 is 0 Å². The Balaban J connectivity index is 1.65. The van der Waals surface area contributed by atoms with E-state index in [1.165, 1.54) is 16.0 Å². The van der Waals surface area contributed by atoms with Crippen molar-refractivity contribution in [3.63, 3.8) is 0 Å². The van der Waals surface area contributed by atoms with Gasteiger partial charge in [-0.1, -0.05) is 23.8 Å². The fourth-order valence-electron chi connectivity index (χ4n) is 2.00. The molecule has 2 aromatic rings. The third kappa shape index (κ3) is 5.99. The molecule has 3 nitrogen and oxygen atoms in total. The molecule has 1 N–H and O–H groups in total. The predicted molar refractivity (Wildman–Crippen MR) is 96.3 cm³/mol. The summed E-state index contributed by atoms with van der Waals surface area (Å²) in [6.07, 6.45) is 0. The van der Waals surface area contributed by atoms with E-state index in [2.05, 4.69) is 43.4 Å². The SMILES string of the molecule is Cc1ccc(SCCNC(=O)COc2ccc(C)c(C)c2)cc1. The Morgan fingerprint density at radius 2 is 1.78 bits per heavy atom. The van der Waals surface area contributed by atoms with E-state index in [1.54, 1.807) is 11.8 Å². The van der Waals surface area contributed by atoms with Crippen LogP contribution >= 0.6 is 11.8 Å². The average Bonchev–Trinajstić information content (AvgIpc) is 2.54. The van der Waals surface area contributed by atoms with Gasteiger partial charge in [0.25, 0.3) is 5.91 Å². The second-order valence-corrected chi connectivity index (χ2v) is 6.71. The van der Waals surface area contributed by atoms with Crippen molar-refractivity contribution < 1.29 is 9.53 Å². The molecule has 122 valence electrons. The van der Waals surface area contributed by atoms with Crippen molar-refractivity contribution in [2.45, 2.75) is 25.7 Å². The third-order valence-electron chi connectivity index (χ3n) is 3.56. The standard InChI is InChI=1S/C19H23NO2S/c1-14-4-8-18(9-5-14)23-11-10-20-19(21)13-22-17-7-6-15(2)16(3)12-17/h4-9,12H,10-11,13H2,1-3H3,(H,20,21). The highest BCUT2D eigenvalue weighted by Gasteiger charge is 2.03. The normalized spacial score (nSPS) is 10.4. The van der Waals surface area contributed by atoms with E-state index >= 15 is 0 Å². The molecule has 0 fully saturated rings. The minimum atomic E-state index is -0.0901. The van der Waals surface area contributed by atoms with Crippen LogP contribution in [0.1, 0.15) is 16.7 Å². The molecule has 0 aliphatic heterocycles. The number of thioether (sulfide) groups is 1. The molecular weight excluding hydrogens is 306 g/mol. The summed E-state index contributed by atoms with van der Waals surface area (Å²) in [7, 11) is 0. The van der Waals surface area contributed by atoms with E-state index in [9.17, 15) is 4.79 Å². The second-order valence-electron chi connectivity index (χ2n) is 5.55. The molecule has 0 bridgehead atoms. The molecule has 23 heavy (non-hydrogen) atoms. The van der Waals surface area contributed by atoms with Crippen LogP contribution in [0.3, 0.4) is 0 Å². The summed E-state index contributed by atoms with van der Waals surface area (Å²) in [6.45, 7) is 6.84. The molecule has 0 aliphatic carbocycles. The number of amides is 1. The van der Waals surface area contributed by atoms with Crippen LogP contribution in [0.2, 0.25) is 0 Å². The zero-order valence-electron chi connectivity index (χ0n) is 13.9. The Morgan fingerprint density at radius 3 is 2.48 bits per heavy atom. The van der Waals surface area contributed by atoms with E-state index in [1.807, 2.05) is 25.1 Å². The topological polar surface area (TPSA) is 38.3 Å². The average molecular weight is 329 g/mol. The van der Waals surface area contributed by atoms with Gasteiger partial charge in [0.1, 0.15) is 5.75 Å². The van der Waals surface area contributed by atoms with Crippen LogP contribution in [-0.4, -0.2) is 24.8 Å². The monoisotopic (exact) mass is 329 g/mol. The Bertz CT molecular complexity index is 653. The van der Waals surface area contributed by atoms with E-state index in [0.29, 0.717) is 6.54 Å². The van der Waals surface area contributed by atoms with Gasteiger partial charge in [-0.25, -0.2) is 0 Å². The molecule has 0 saturated carbocycles.